The number of methoxy groups -OCH3 is 1. The lowest BCUT2D eigenvalue weighted by molar-refractivity contribution is -0.385. The van der Waals surface area contributed by atoms with Gasteiger partial charge in [-0.3, -0.25) is 14.9 Å². The molecule has 7 heteroatoms. The second kappa shape index (κ2) is 7.35. The molecular formula is C17H18N2O4S. The van der Waals surface area contributed by atoms with E-state index < -0.39 is 10.8 Å². The molecule has 0 spiro atoms. The molecule has 0 radical (unpaired) electrons. The monoisotopic (exact) mass is 346 g/mol. The molecule has 6 nitrogen and oxygen atoms in total. The molecule has 0 aromatic heterocycles. The van der Waals surface area contributed by atoms with Crippen LogP contribution in [0.3, 0.4) is 0 Å². The molecule has 0 aliphatic carbocycles. The Morgan fingerprint density at radius 1 is 1.29 bits per heavy atom. The molecule has 0 heterocycles. The molecule has 1 amide bonds. The molecule has 126 valence electrons. The van der Waals surface area contributed by atoms with Gasteiger partial charge in [0.1, 0.15) is 11.3 Å². The molecule has 0 fully saturated rings. The number of anilines is 1. The minimum Gasteiger partial charge on any atom is -0.495 e. The zero-order valence-corrected chi connectivity index (χ0v) is 14.7. The minimum atomic E-state index is -0.579. The molecule has 0 saturated heterocycles. The van der Waals surface area contributed by atoms with Gasteiger partial charge in [0.2, 0.25) is 0 Å². The minimum absolute atomic E-state index is 0.00561. The van der Waals surface area contributed by atoms with Gasteiger partial charge in [0.15, 0.2) is 0 Å². The van der Waals surface area contributed by atoms with E-state index in [4.69, 9.17) is 4.74 Å². The second-order valence-corrected chi connectivity index (χ2v) is 6.03. The zero-order valence-electron chi connectivity index (χ0n) is 13.9. The summed E-state index contributed by atoms with van der Waals surface area (Å²) in [4.78, 5) is 24.0. The summed E-state index contributed by atoms with van der Waals surface area (Å²) in [6.45, 7) is 3.83. The Labute approximate surface area is 144 Å². The third-order valence-corrected chi connectivity index (χ3v) is 4.55. The summed E-state index contributed by atoms with van der Waals surface area (Å²) in [5.41, 5.74) is 2.31. The van der Waals surface area contributed by atoms with Crippen molar-refractivity contribution < 1.29 is 14.5 Å². The van der Waals surface area contributed by atoms with Gasteiger partial charge in [0.05, 0.1) is 23.0 Å². The first-order valence-corrected chi connectivity index (χ1v) is 8.39. The van der Waals surface area contributed by atoms with Gasteiger partial charge in [0, 0.05) is 5.69 Å². The van der Waals surface area contributed by atoms with Crippen molar-refractivity contribution in [3.05, 3.63) is 57.1 Å². The lowest BCUT2D eigenvalue weighted by Crippen LogP contribution is -2.15. The van der Waals surface area contributed by atoms with E-state index in [0.717, 1.165) is 11.1 Å². The van der Waals surface area contributed by atoms with Crippen LogP contribution in [-0.4, -0.2) is 24.2 Å². The highest BCUT2D eigenvalue weighted by molar-refractivity contribution is 7.98. The second-order valence-electron chi connectivity index (χ2n) is 5.18. The van der Waals surface area contributed by atoms with Crippen molar-refractivity contribution in [3.63, 3.8) is 0 Å². The van der Waals surface area contributed by atoms with E-state index in [1.54, 1.807) is 6.07 Å². The molecular weight excluding hydrogens is 328 g/mol. The predicted octanol–water partition coefficient (Wildman–Crippen LogP) is 4.19. The van der Waals surface area contributed by atoms with Gasteiger partial charge in [-0.05, 0) is 43.4 Å². The number of thioether (sulfide) groups is 1. The molecule has 0 aliphatic heterocycles. The van der Waals surface area contributed by atoms with Gasteiger partial charge in [-0.1, -0.05) is 12.1 Å². The first-order valence-electron chi connectivity index (χ1n) is 7.17. The molecule has 0 aliphatic rings. The summed E-state index contributed by atoms with van der Waals surface area (Å²) in [7, 11) is 1.44. The molecule has 2 aromatic carbocycles. The Kier molecular flexibility index (Phi) is 5.46. The number of rotatable bonds is 5. The lowest BCUT2D eigenvalue weighted by Gasteiger charge is -2.12. The first kappa shape index (κ1) is 17.8. The fourth-order valence-corrected chi connectivity index (χ4v) is 2.86. The number of hydrogen-bond acceptors (Lipinski definition) is 5. The summed E-state index contributed by atoms with van der Waals surface area (Å²) in [6.07, 6.45) is 1.82. The van der Waals surface area contributed by atoms with E-state index in [2.05, 4.69) is 5.32 Å². The van der Waals surface area contributed by atoms with E-state index in [0.29, 0.717) is 16.3 Å². The average Bonchev–Trinajstić information content (AvgIpc) is 2.57. The third-order valence-electron chi connectivity index (χ3n) is 3.80. The van der Waals surface area contributed by atoms with E-state index in [1.807, 2.05) is 32.2 Å². The number of carbonyl (C=O) groups is 1. The molecule has 24 heavy (non-hydrogen) atoms. The third kappa shape index (κ3) is 3.51. The van der Waals surface area contributed by atoms with E-state index in [9.17, 15) is 14.9 Å². The molecule has 0 bridgehead atoms. The summed E-state index contributed by atoms with van der Waals surface area (Å²) in [5, 5.41) is 14.1. The molecule has 0 saturated carbocycles. The number of aryl methyl sites for hydroxylation is 1. The smallest absolute Gasteiger partial charge is 0.285 e. The zero-order chi connectivity index (χ0) is 17.9. The Balaban J connectivity index is 2.48. The van der Waals surface area contributed by atoms with Crippen molar-refractivity contribution in [2.75, 3.05) is 18.7 Å². The van der Waals surface area contributed by atoms with Crippen LogP contribution in [0.4, 0.5) is 11.4 Å². The number of nitro groups is 1. The van der Waals surface area contributed by atoms with Gasteiger partial charge >= 0.3 is 0 Å². The number of nitro benzene ring substituents is 1. The maximum Gasteiger partial charge on any atom is 0.285 e. The van der Waals surface area contributed by atoms with Crippen molar-refractivity contribution >= 4 is 29.0 Å². The Morgan fingerprint density at radius 3 is 2.58 bits per heavy atom. The standard InChI is InChI=1S/C17H18N2O4S/c1-10-6-5-7-13(11(10)2)18-17(20)12-8-16(24-4)15(23-3)9-14(12)19(21)22/h5-9H,1-4H3,(H,18,20). The predicted molar refractivity (Wildman–Crippen MR) is 95.3 cm³/mol. The number of hydrogen-bond donors (Lipinski definition) is 1. The van der Waals surface area contributed by atoms with Crippen LogP contribution >= 0.6 is 11.8 Å². The average molecular weight is 346 g/mol. The number of ether oxygens (including phenoxy) is 1. The highest BCUT2D eigenvalue weighted by Gasteiger charge is 2.24. The SMILES string of the molecule is COc1cc([N+](=O)[O-])c(C(=O)Nc2cccc(C)c2C)cc1SC. The molecule has 1 N–H and O–H groups in total. The fraction of sp³-hybridized carbons (Fsp3) is 0.235. The topological polar surface area (TPSA) is 81.5 Å². The maximum atomic E-state index is 12.6. The van der Waals surface area contributed by atoms with Crippen LogP contribution in [0.5, 0.6) is 5.75 Å². The van der Waals surface area contributed by atoms with E-state index >= 15 is 0 Å². The molecule has 2 aromatic rings. The van der Waals surface area contributed by atoms with Gasteiger partial charge in [-0.25, -0.2) is 0 Å². The number of carbonyl (C=O) groups excluding carboxylic acids is 1. The Bertz CT molecular complexity index is 805. The van der Waals surface area contributed by atoms with Gasteiger partial charge in [0.25, 0.3) is 11.6 Å². The van der Waals surface area contributed by atoms with E-state index in [-0.39, 0.29) is 11.3 Å². The van der Waals surface area contributed by atoms with Gasteiger partial charge in [-0.2, -0.15) is 0 Å². The molecule has 2 rings (SSSR count). The van der Waals surface area contributed by atoms with Crippen LogP contribution in [0, 0.1) is 24.0 Å². The van der Waals surface area contributed by atoms with Crippen LogP contribution in [-0.2, 0) is 0 Å². The van der Waals surface area contributed by atoms with Crippen LogP contribution < -0.4 is 10.1 Å². The lowest BCUT2D eigenvalue weighted by atomic mass is 10.1. The number of amides is 1. The van der Waals surface area contributed by atoms with E-state index in [1.165, 1.54) is 31.0 Å². The first-order chi connectivity index (χ1) is 11.4. The van der Waals surface area contributed by atoms with Gasteiger partial charge in [-0.15, -0.1) is 11.8 Å². The van der Waals surface area contributed by atoms with Crippen LogP contribution in [0.15, 0.2) is 35.2 Å². The Hall–Kier alpha value is -2.54. The van der Waals surface area contributed by atoms with Crippen molar-refractivity contribution in [1.29, 1.82) is 0 Å². The fourth-order valence-electron chi connectivity index (χ4n) is 2.28. The summed E-state index contributed by atoms with van der Waals surface area (Å²) < 4.78 is 5.16. The van der Waals surface area contributed by atoms with Crippen molar-refractivity contribution in [2.45, 2.75) is 18.7 Å². The van der Waals surface area contributed by atoms with Crippen molar-refractivity contribution in [3.8, 4) is 5.75 Å². The summed E-state index contributed by atoms with van der Waals surface area (Å²) in [6, 6.07) is 8.30. The number of benzene rings is 2. The highest BCUT2D eigenvalue weighted by atomic mass is 32.2. The van der Waals surface area contributed by atoms with Gasteiger partial charge < -0.3 is 10.1 Å². The quantitative estimate of drug-likeness (QED) is 0.498. The molecule has 0 atom stereocenters. The number of nitrogens with zero attached hydrogens (tertiary/aromatic N) is 1. The van der Waals surface area contributed by atoms with Crippen molar-refractivity contribution in [1.82, 2.24) is 0 Å². The number of nitrogens with one attached hydrogen (secondary N) is 1. The van der Waals surface area contributed by atoms with Crippen LogP contribution in [0.25, 0.3) is 0 Å². The largest absolute Gasteiger partial charge is 0.495 e. The highest BCUT2D eigenvalue weighted by Crippen LogP contribution is 2.35. The molecule has 0 unspecified atom stereocenters. The summed E-state index contributed by atoms with van der Waals surface area (Å²) in [5.74, 6) is -0.147. The summed E-state index contributed by atoms with van der Waals surface area (Å²) >= 11 is 1.36. The van der Waals surface area contributed by atoms with Crippen LogP contribution in [0.1, 0.15) is 21.5 Å². The normalized spacial score (nSPS) is 10.3. The van der Waals surface area contributed by atoms with Crippen molar-refractivity contribution in [2.24, 2.45) is 0 Å². The Morgan fingerprint density at radius 2 is 2.00 bits per heavy atom. The van der Waals surface area contributed by atoms with Crippen LogP contribution in [0.2, 0.25) is 0 Å². The maximum absolute atomic E-state index is 12.6.